The maximum Gasteiger partial charge on any atom is 0.322 e. The van der Waals surface area contributed by atoms with Gasteiger partial charge in [-0.05, 0) is 23.8 Å². The zero-order valence-electron chi connectivity index (χ0n) is 5.98. The molecule has 0 bridgehead atoms. The minimum atomic E-state index is 0.00542. The van der Waals surface area contributed by atoms with Crippen LogP contribution in [0.3, 0.4) is 0 Å². The Kier molecular flexibility index (Phi) is 3.04. The van der Waals surface area contributed by atoms with Crippen molar-refractivity contribution < 1.29 is 4.74 Å². The number of halogens is 1. The third-order valence-electron chi connectivity index (χ3n) is 0.904. The van der Waals surface area contributed by atoms with Gasteiger partial charge in [-0.15, -0.1) is 0 Å². The van der Waals surface area contributed by atoms with E-state index in [1.54, 1.807) is 0 Å². The quantitative estimate of drug-likeness (QED) is 0.534. The van der Waals surface area contributed by atoms with E-state index in [2.05, 4.69) is 37.3 Å². The molecule has 0 aliphatic heterocycles. The molecule has 0 unspecified atom stereocenters. The van der Waals surface area contributed by atoms with Gasteiger partial charge in [-0.1, -0.05) is 0 Å². The predicted molar refractivity (Wildman–Crippen MR) is 46.1 cm³/mol. The number of hydrogen-bond acceptors (Lipinski definition) is 6. The topological polar surface area (TPSA) is 60.3 Å². The lowest BCUT2D eigenvalue weighted by atomic mass is 10.9. The van der Waals surface area contributed by atoms with Crippen molar-refractivity contribution in [1.29, 1.82) is 0 Å². The van der Waals surface area contributed by atoms with Gasteiger partial charge in [-0.2, -0.15) is 19.9 Å². The van der Waals surface area contributed by atoms with Crippen LogP contribution in [-0.2, 0) is 0 Å². The molecule has 62 valence electrons. The van der Waals surface area contributed by atoms with E-state index in [9.17, 15) is 0 Å². The molecule has 0 saturated heterocycles. The fourth-order valence-corrected chi connectivity index (χ4v) is 0.734. The molecule has 1 rings (SSSR count). The summed E-state index contributed by atoms with van der Waals surface area (Å²) in [5.41, 5.74) is 0. The molecule has 0 radical (unpaired) electrons. The number of nitrogens with zero attached hydrogens (tertiary/aromatic N) is 4. The van der Waals surface area contributed by atoms with Crippen LogP contribution in [0.4, 0.5) is 5.95 Å². The average Bonchev–Trinajstić information content (AvgIpc) is 2.04. The van der Waals surface area contributed by atoms with E-state index < -0.39 is 0 Å². The number of aliphatic imine (C=N–C) groups is 1. The van der Waals surface area contributed by atoms with Crippen molar-refractivity contribution in [3.8, 4) is 6.01 Å². The summed E-state index contributed by atoms with van der Waals surface area (Å²) in [5, 5.41) is 2.11. The van der Waals surface area contributed by atoms with Gasteiger partial charge in [0, 0.05) is 0 Å². The highest BCUT2D eigenvalue weighted by Crippen LogP contribution is 2.11. The molecule has 0 spiro atoms. The molecule has 0 atom stereocenters. The Morgan fingerprint density at radius 2 is 2.25 bits per heavy atom. The van der Waals surface area contributed by atoms with Crippen LogP contribution in [0.15, 0.2) is 4.99 Å². The van der Waals surface area contributed by atoms with Crippen molar-refractivity contribution in [2.45, 2.75) is 0 Å². The summed E-state index contributed by atoms with van der Waals surface area (Å²) in [6, 6.07) is 0.0963. The molecular formula is C5H3ClN4OS. The van der Waals surface area contributed by atoms with Crippen LogP contribution in [0.25, 0.3) is 0 Å². The molecule has 0 N–H and O–H groups in total. The lowest BCUT2D eigenvalue weighted by Gasteiger charge is -1.96. The summed E-state index contributed by atoms with van der Waals surface area (Å²) in [7, 11) is 1.41. The van der Waals surface area contributed by atoms with Gasteiger partial charge in [-0.25, -0.2) is 0 Å². The Morgan fingerprint density at radius 3 is 2.83 bits per heavy atom. The smallest absolute Gasteiger partial charge is 0.322 e. The third-order valence-corrected chi connectivity index (χ3v) is 1.16. The van der Waals surface area contributed by atoms with Crippen molar-refractivity contribution >= 4 is 34.9 Å². The van der Waals surface area contributed by atoms with Crippen LogP contribution >= 0.6 is 23.8 Å². The maximum atomic E-state index is 5.50. The van der Waals surface area contributed by atoms with Crippen molar-refractivity contribution in [1.82, 2.24) is 15.0 Å². The Bertz CT molecular complexity index is 338. The first-order chi connectivity index (χ1) is 5.76. The van der Waals surface area contributed by atoms with Gasteiger partial charge in [0.2, 0.25) is 5.28 Å². The predicted octanol–water partition coefficient (Wildman–Crippen LogP) is 1.27. The standard InChI is InChI=1S/C5H3ClN4OS/c1-11-5-9-3(6)8-4(10-5)7-2-12/h1H3. The second-order valence-electron chi connectivity index (χ2n) is 1.59. The Labute approximate surface area is 78.5 Å². The number of thiocarbonyl (C=S) groups is 1. The van der Waals surface area contributed by atoms with Crippen molar-refractivity contribution in [2.24, 2.45) is 4.99 Å². The van der Waals surface area contributed by atoms with Gasteiger partial charge in [0.1, 0.15) is 0 Å². The fraction of sp³-hybridized carbons (Fsp3) is 0.200. The zero-order chi connectivity index (χ0) is 8.97. The van der Waals surface area contributed by atoms with Crippen LogP contribution in [-0.4, -0.2) is 27.2 Å². The normalized spacial score (nSPS) is 8.83. The number of methoxy groups -OCH3 is 1. The van der Waals surface area contributed by atoms with Gasteiger partial charge in [0.15, 0.2) is 0 Å². The first-order valence-electron chi connectivity index (χ1n) is 2.79. The summed E-state index contributed by atoms with van der Waals surface area (Å²) in [6.45, 7) is 0. The molecule has 0 aromatic carbocycles. The van der Waals surface area contributed by atoms with Gasteiger partial charge in [0.05, 0.1) is 12.3 Å². The molecule has 0 aliphatic rings. The second kappa shape index (κ2) is 4.06. The SMILES string of the molecule is COc1nc(Cl)nc(N=C=S)n1. The summed E-state index contributed by atoms with van der Waals surface area (Å²) in [5.74, 6) is 0.0850. The van der Waals surface area contributed by atoms with Crippen molar-refractivity contribution in [3.05, 3.63) is 5.28 Å². The molecule has 1 aromatic rings. The van der Waals surface area contributed by atoms with E-state index in [1.807, 2.05) is 0 Å². The Hall–Kier alpha value is -1.10. The lowest BCUT2D eigenvalue weighted by molar-refractivity contribution is 0.378. The van der Waals surface area contributed by atoms with Crippen LogP contribution in [0.1, 0.15) is 0 Å². The van der Waals surface area contributed by atoms with Crippen molar-refractivity contribution in [2.75, 3.05) is 7.11 Å². The van der Waals surface area contributed by atoms with Gasteiger partial charge in [0.25, 0.3) is 5.95 Å². The molecule has 1 aromatic heterocycles. The van der Waals surface area contributed by atoms with Gasteiger partial charge >= 0.3 is 6.01 Å². The summed E-state index contributed by atoms with van der Waals surface area (Å²) < 4.78 is 4.71. The van der Waals surface area contributed by atoms with E-state index in [4.69, 9.17) is 16.3 Å². The van der Waals surface area contributed by atoms with E-state index in [-0.39, 0.29) is 17.2 Å². The minimum Gasteiger partial charge on any atom is -0.467 e. The lowest BCUT2D eigenvalue weighted by Crippen LogP contribution is -1.94. The Morgan fingerprint density at radius 1 is 1.50 bits per heavy atom. The summed E-state index contributed by atoms with van der Waals surface area (Å²) in [6.07, 6.45) is 0. The monoisotopic (exact) mass is 202 g/mol. The van der Waals surface area contributed by atoms with Gasteiger partial charge in [-0.3, -0.25) is 0 Å². The van der Waals surface area contributed by atoms with Crippen molar-refractivity contribution in [3.63, 3.8) is 0 Å². The third kappa shape index (κ3) is 2.20. The Balaban J connectivity index is 3.14. The van der Waals surface area contributed by atoms with E-state index in [0.29, 0.717) is 0 Å². The number of hydrogen-bond donors (Lipinski definition) is 0. The molecule has 5 nitrogen and oxygen atoms in total. The molecule has 0 saturated carbocycles. The summed E-state index contributed by atoms with van der Waals surface area (Å²) in [4.78, 5) is 14.5. The molecule has 1 heterocycles. The van der Waals surface area contributed by atoms with E-state index in [0.717, 1.165) is 0 Å². The fourth-order valence-electron chi connectivity index (χ4n) is 0.504. The molecule has 7 heteroatoms. The number of aromatic nitrogens is 3. The highest BCUT2D eigenvalue weighted by Gasteiger charge is 2.02. The number of ether oxygens (including phenoxy) is 1. The second-order valence-corrected chi connectivity index (χ2v) is 2.11. The summed E-state index contributed by atoms with van der Waals surface area (Å²) >= 11 is 9.86. The van der Waals surface area contributed by atoms with Crippen LogP contribution in [0, 0.1) is 0 Å². The highest BCUT2D eigenvalue weighted by atomic mass is 35.5. The number of isothiocyanates is 1. The minimum absolute atomic E-state index is 0.00542. The van der Waals surface area contributed by atoms with Crippen LogP contribution < -0.4 is 4.74 Å². The maximum absolute atomic E-state index is 5.50. The highest BCUT2D eigenvalue weighted by molar-refractivity contribution is 7.78. The molecule has 0 aliphatic carbocycles. The van der Waals surface area contributed by atoms with Gasteiger partial charge < -0.3 is 4.74 Å². The van der Waals surface area contributed by atoms with Crippen LogP contribution in [0.2, 0.25) is 5.28 Å². The zero-order valence-corrected chi connectivity index (χ0v) is 7.56. The van der Waals surface area contributed by atoms with E-state index in [1.165, 1.54) is 7.11 Å². The molecule has 0 fully saturated rings. The average molecular weight is 203 g/mol. The molecular weight excluding hydrogens is 200 g/mol. The number of rotatable bonds is 2. The van der Waals surface area contributed by atoms with E-state index >= 15 is 0 Å². The molecule has 12 heavy (non-hydrogen) atoms. The molecule has 0 amide bonds. The largest absolute Gasteiger partial charge is 0.467 e. The van der Waals surface area contributed by atoms with Crippen LogP contribution in [0.5, 0.6) is 6.01 Å². The first-order valence-corrected chi connectivity index (χ1v) is 3.58. The first kappa shape index (κ1) is 8.99.